The quantitative estimate of drug-likeness (QED) is 0.320. The van der Waals surface area contributed by atoms with Crippen molar-refractivity contribution >= 4 is 41.1 Å². The molecule has 6 rings (SSSR count). The maximum atomic E-state index is 17.4. The van der Waals surface area contributed by atoms with E-state index in [1.165, 1.54) is 30.0 Å². The van der Waals surface area contributed by atoms with E-state index in [2.05, 4.69) is 0 Å². The van der Waals surface area contributed by atoms with Crippen molar-refractivity contribution in [1.29, 1.82) is 0 Å². The number of phenols is 1. The number of esters is 1. The van der Waals surface area contributed by atoms with E-state index in [4.69, 9.17) is 16.3 Å². The first-order chi connectivity index (χ1) is 20.2. The summed E-state index contributed by atoms with van der Waals surface area (Å²) in [7, 11) is 0. The highest BCUT2D eigenvalue weighted by molar-refractivity contribution is 7.99. The van der Waals surface area contributed by atoms with Gasteiger partial charge in [0.25, 0.3) is 0 Å². The van der Waals surface area contributed by atoms with Gasteiger partial charge in [-0.05, 0) is 99.6 Å². The Bertz CT molecular complexity index is 1590. The zero-order valence-electron chi connectivity index (χ0n) is 23.7. The van der Waals surface area contributed by atoms with Gasteiger partial charge in [-0.15, -0.1) is 0 Å². The van der Waals surface area contributed by atoms with Crippen molar-refractivity contribution in [3.8, 4) is 5.75 Å². The SMILES string of the molecule is C[C@]12C=CC(=O)C=C1CC[C@H]1[C@@H]3CC[C@@](OC(=O)c4ccc(Sc5ccc(O)c(Cl)c5)cc4)(C(=O)O)[C@@]3(C)C[C@H](O)C12F. The van der Waals surface area contributed by atoms with E-state index in [1.807, 2.05) is 0 Å². The van der Waals surface area contributed by atoms with Gasteiger partial charge in [0.2, 0.25) is 5.60 Å². The normalized spacial score (nSPS) is 36.3. The van der Waals surface area contributed by atoms with E-state index in [1.54, 1.807) is 56.3 Å². The van der Waals surface area contributed by atoms with Crippen LogP contribution >= 0.6 is 23.4 Å². The number of allylic oxidation sites excluding steroid dienone is 4. The second kappa shape index (κ2) is 10.2. The molecule has 226 valence electrons. The molecule has 2 aromatic carbocycles. The number of aliphatic hydroxyl groups is 1. The molecule has 0 saturated heterocycles. The number of aliphatic hydroxyl groups excluding tert-OH is 1. The Balaban J connectivity index is 1.27. The lowest BCUT2D eigenvalue weighted by Gasteiger charge is -2.62. The van der Waals surface area contributed by atoms with Gasteiger partial charge in [-0.1, -0.05) is 41.9 Å². The molecule has 4 aliphatic carbocycles. The van der Waals surface area contributed by atoms with E-state index in [-0.39, 0.29) is 35.0 Å². The summed E-state index contributed by atoms with van der Waals surface area (Å²) in [5.74, 6) is -3.51. The Labute approximate surface area is 257 Å². The number of carbonyl (C=O) groups is 3. The summed E-state index contributed by atoms with van der Waals surface area (Å²) in [4.78, 5) is 40.1. The van der Waals surface area contributed by atoms with Gasteiger partial charge in [-0.2, -0.15) is 0 Å². The van der Waals surface area contributed by atoms with Crippen LogP contribution in [-0.2, 0) is 14.3 Å². The number of phenolic OH excluding ortho intramolecular Hbond substituents is 1. The molecule has 1 unspecified atom stereocenters. The Morgan fingerprint density at radius 3 is 2.44 bits per heavy atom. The van der Waals surface area contributed by atoms with Crippen LogP contribution in [0.4, 0.5) is 4.39 Å². The molecule has 3 saturated carbocycles. The number of carboxylic acid groups (broad SMARTS) is 1. The number of benzene rings is 2. The van der Waals surface area contributed by atoms with Crippen LogP contribution in [0, 0.1) is 22.7 Å². The number of ketones is 1. The number of rotatable bonds is 5. The summed E-state index contributed by atoms with van der Waals surface area (Å²) in [6.07, 6.45) is 3.74. The fourth-order valence-corrected chi connectivity index (χ4v) is 9.43. The van der Waals surface area contributed by atoms with Gasteiger partial charge in [0.1, 0.15) is 5.75 Å². The van der Waals surface area contributed by atoms with E-state index in [0.717, 1.165) is 9.79 Å². The lowest BCUT2D eigenvalue weighted by atomic mass is 9.45. The van der Waals surface area contributed by atoms with Gasteiger partial charge < -0.3 is 20.1 Å². The monoisotopic (exact) mass is 626 g/mol. The van der Waals surface area contributed by atoms with Crippen LogP contribution < -0.4 is 0 Å². The first kappa shape index (κ1) is 29.9. The summed E-state index contributed by atoms with van der Waals surface area (Å²) in [5.41, 5.74) is -5.68. The van der Waals surface area contributed by atoms with Crippen LogP contribution in [0.15, 0.2) is 76.1 Å². The fraction of sp³-hybridized carbons (Fsp3) is 0.424. The molecule has 10 heteroatoms. The number of aliphatic carboxylic acids is 1. The third kappa shape index (κ3) is 4.30. The zero-order chi connectivity index (χ0) is 30.9. The highest BCUT2D eigenvalue weighted by atomic mass is 35.5. The average molecular weight is 627 g/mol. The predicted molar refractivity (Wildman–Crippen MR) is 158 cm³/mol. The number of alkyl halides is 1. The Hall–Kier alpha value is -3.14. The van der Waals surface area contributed by atoms with E-state index >= 15 is 4.39 Å². The number of carbonyl (C=O) groups excluding carboxylic acids is 2. The number of halogens is 2. The molecule has 0 radical (unpaired) electrons. The first-order valence-corrected chi connectivity index (χ1v) is 15.5. The molecule has 7 nitrogen and oxygen atoms in total. The molecule has 0 spiro atoms. The number of hydrogen-bond donors (Lipinski definition) is 3. The zero-order valence-corrected chi connectivity index (χ0v) is 25.3. The van der Waals surface area contributed by atoms with E-state index in [0.29, 0.717) is 24.8 Å². The molecule has 7 atom stereocenters. The number of ether oxygens (including phenoxy) is 1. The molecule has 0 heterocycles. The van der Waals surface area contributed by atoms with Gasteiger partial charge in [-0.25, -0.2) is 14.0 Å². The third-order valence-electron chi connectivity index (χ3n) is 10.6. The smallest absolute Gasteiger partial charge is 0.348 e. The Morgan fingerprint density at radius 1 is 1.07 bits per heavy atom. The van der Waals surface area contributed by atoms with Crippen molar-refractivity contribution < 1.29 is 38.8 Å². The molecular weight excluding hydrogens is 595 g/mol. The van der Waals surface area contributed by atoms with Gasteiger partial charge in [0.05, 0.1) is 16.7 Å². The topological polar surface area (TPSA) is 121 Å². The summed E-state index contributed by atoms with van der Waals surface area (Å²) < 4.78 is 23.3. The second-order valence-electron chi connectivity index (χ2n) is 12.6. The molecule has 43 heavy (non-hydrogen) atoms. The van der Waals surface area contributed by atoms with E-state index < -0.39 is 52.0 Å². The predicted octanol–water partition coefficient (Wildman–Crippen LogP) is 6.55. The minimum Gasteiger partial charge on any atom is -0.506 e. The Kier molecular flexibility index (Phi) is 7.10. The molecule has 3 fully saturated rings. The molecule has 2 aromatic rings. The largest absolute Gasteiger partial charge is 0.506 e. The lowest BCUT2D eigenvalue weighted by Crippen LogP contribution is -2.69. The maximum Gasteiger partial charge on any atom is 0.348 e. The Morgan fingerprint density at radius 2 is 1.77 bits per heavy atom. The molecule has 0 aromatic heterocycles. The van der Waals surface area contributed by atoms with Crippen LogP contribution in [0.5, 0.6) is 5.75 Å². The first-order valence-electron chi connectivity index (χ1n) is 14.3. The van der Waals surface area contributed by atoms with Crippen LogP contribution in [0.3, 0.4) is 0 Å². The number of fused-ring (bicyclic) bond motifs is 5. The molecular formula is C33H32ClFO7S. The highest BCUT2D eigenvalue weighted by Crippen LogP contribution is 2.70. The maximum absolute atomic E-state index is 17.4. The summed E-state index contributed by atoms with van der Waals surface area (Å²) in [6, 6.07) is 11.3. The average Bonchev–Trinajstić information content (AvgIpc) is 3.24. The van der Waals surface area contributed by atoms with Crippen molar-refractivity contribution in [2.75, 3.05) is 0 Å². The lowest BCUT2D eigenvalue weighted by molar-refractivity contribution is -0.222. The molecule has 0 aliphatic heterocycles. The summed E-state index contributed by atoms with van der Waals surface area (Å²) in [6.45, 7) is 3.41. The van der Waals surface area contributed by atoms with E-state index in [9.17, 15) is 29.7 Å². The minimum absolute atomic E-state index is 0.00216. The number of carboxylic acids is 1. The molecule has 0 amide bonds. The number of hydrogen-bond acceptors (Lipinski definition) is 7. The number of aromatic hydroxyl groups is 1. The van der Waals surface area contributed by atoms with Crippen molar-refractivity contribution in [3.63, 3.8) is 0 Å². The van der Waals surface area contributed by atoms with Crippen molar-refractivity contribution in [1.82, 2.24) is 0 Å². The summed E-state index contributed by atoms with van der Waals surface area (Å²) in [5, 5.41) is 32.0. The second-order valence-corrected chi connectivity index (χ2v) is 14.1. The van der Waals surface area contributed by atoms with Crippen molar-refractivity contribution in [2.24, 2.45) is 22.7 Å². The molecule has 4 aliphatic rings. The van der Waals surface area contributed by atoms with Gasteiger partial charge in [0, 0.05) is 26.5 Å². The van der Waals surface area contributed by atoms with Gasteiger partial charge >= 0.3 is 11.9 Å². The molecule has 0 bridgehead atoms. The van der Waals surface area contributed by atoms with Crippen LogP contribution in [0.2, 0.25) is 5.02 Å². The van der Waals surface area contributed by atoms with Gasteiger partial charge in [-0.3, -0.25) is 4.79 Å². The van der Waals surface area contributed by atoms with Crippen molar-refractivity contribution in [2.45, 2.75) is 73.1 Å². The molecule has 3 N–H and O–H groups in total. The van der Waals surface area contributed by atoms with Gasteiger partial charge in [0.15, 0.2) is 11.5 Å². The van der Waals surface area contributed by atoms with Crippen LogP contribution in [-0.4, -0.2) is 50.4 Å². The van der Waals surface area contributed by atoms with Crippen molar-refractivity contribution in [3.05, 3.63) is 76.9 Å². The minimum atomic E-state index is -2.10. The highest BCUT2D eigenvalue weighted by Gasteiger charge is 2.76. The standard InChI is InChI=1S/C33H32ClFO7S/c1-30-13-11-20(36)15-19(30)5-9-24-23-12-14-32(29(40)41,31(23,2)17-27(38)33(24,30)35)42-28(39)18-3-6-21(7-4-18)43-22-8-10-26(37)25(34)16-22/h3-4,6-8,10-11,13,15-16,23-24,27,37-38H,5,9,12,14,17H2,1-2H3,(H,40,41)/t23-,24-,27-,30-,31-,32+,33?/m0/s1. The third-order valence-corrected chi connectivity index (χ3v) is 11.9. The fourth-order valence-electron chi connectivity index (χ4n) is 8.32. The van der Waals surface area contributed by atoms with Crippen LogP contribution in [0.1, 0.15) is 56.3 Å². The van der Waals surface area contributed by atoms with Crippen LogP contribution in [0.25, 0.3) is 0 Å². The summed E-state index contributed by atoms with van der Waals surface area (Å²) >= 11 is 7.36.